The quantitative estimate of drug-likeness (QED) is 0.469. The van der Waals surface area contributed by atoms with Crippen LogP contribution in [-0.2, 0) is 11.3 Å². The Hall–Kier alpha value is -3.49. The fraction of sp³-hybridized carbons (Fsp3) is 0.0476. The van der Waals surface area contributed by atoms with E-state index in [0.717, 1.165) is 11.6 Å². The van der Waals surface area contributed by atoms with Gasteiger partial charge in [-0.15, -0.1) is 11.3 Å². The molecule has 0 aliphatic rings. The lowest BCUT2D eigenvalue weighted by Crippen LogP contribution is -2.10. The Morgan fingerprint density at radius 1 is 1.13 bits per heavy atom. The van der Waals surface area contributed by atoms with Crippen LogP contribution < -0.4 is 11.2 Å². The molecule has 150 valence electrons. The number of hydrogen-bond acceptors (Lipinski definition) is 7. The van der Waals surface area contributed by atoms with E-state index >= 15 is 0 Å². The average Bonchev–Trinajstić information content (AvgIpc) is 3.20. The molecule has 0 radical (unpaired) electrons. The predicted octanol–water partition coefficient (Wildman–Crippen LogP) is 4.03. The van der Waals surface area contributed by atoms with Gasteiger partial charge in [0.2, 0.25) is 11.7 Å². The van der Waals surface area contributed by atoms with E-state index in [2.05, 4.69) is 4.98 Å². The smallest absolute Gasteiger partial charge is 0.374 e. The second-order valence-corrected chi connectivity index (χ2v) is 7.57. The number of primary amides is 1. The number of carbonyl (C=O) groups is 2. The van der Waals surface area contributed by atoms with Crippen molar-refractivity contribution in [3.05, 3.63) is 86.2 Å². The monoisotopic (exact) mass is 440 g/mol. The van der Waals surface area contributed by atoms with Gasteiger partial charge in [-0.25, -0.2) is 9.78 Å². The highest BCUT2D eigenvalue weighted by atomic mass is 35.5. The number of hydrogen-bond donors (Lipinski definition) is 1. The van der Waals surface area contributed by atoms with Crippen molar-refractivity contribution in [2.45, 2.75) is 6.61 Å². The average molecular weight is 441 g/mol. The van der Waals surface area contributed by atoms with E-state index in [1.54, 1.807) is 35.7 Å². The van der Waals surface area contributed by atoms with E-state index in [-0.39, 0.29) is 23.4 Å². The van der Waals surface area contributed by atoms with Crippen molar-refractivity contribution >= 4 is 45.8 Å². The molecule has 0 aliphatic heterocycles. The zero-order valence-corrected chi connectivity index (χ0v) is 16.8. The Labute approximate surface area is 178 Å². The van der Waals surface area contributed by atoms with Gasteiger partial charge in [-0.05, 0) is 24.3 Å². The number of rotatable bonds is 5. The lowest BCUT2D eigenvalue weighted by molar-refractivity contribution is 0.0432. The van der Waals surface area contributed by atoms with Gasteiger partial charge in [0.1, 0.15) is 17.2 Å². The minimum Gasteiger partial charge on any atom is -0.453 e. The summed E-state index contributed by atoms with van der Waals surface area (Å²) < 4.78 is 10.7. The molecule has 0 aliphatic carbocycles. The standard InChI is InChI=1S/C21H13ClN2O5S/c22-13-5-6-15-16(25)8-18(29-17(15)7-13)21(27)28-9-14-10-30-20(24-14)12-3-1-11(2-4-12)19(23)26/h1-8,10H,9H2,(H2,23,26). The van der Waals surface area contributed by atoms with Crippen molar-refractivity contribution in [1.82, 2.24) is 4.98 Å². The van der Waals surface area contributed by atoms with E-state index in [1.807, 2.05) is 0 Å². The van der Waals surface area contributed by atoms with Crippen molar-refractivity contribution in [2.24, 2.45) is 5.73 Å². The third-order valence-electron chi connectivity index (χ3n) is 4.21. The Kier molecular flexibility index (Phi) is 5.35. The SMILES string of the molecule is NC(=O)c1ccc(-c2nc(COC(=O)c3cc(=O)c4ccc(Cl)cc4o3)cs2)cc1. The molecular weight excluding hydrogens is 428 g/mol. The number of thiazole rings is 1. The first kappa shape index (κ1) is 19.8. The van der Waals surface area contributed by atoms with Crippen molar-refractivity contribution in [3.8, 4) is 10.6 Å². The van der Waals surface area contributed by atoms with Crippen molar-refractivity contribution in [2.75, 3.05) is 0 Å². The van der Waals surface area contributed by atoms with Crippen LogP contribution in [0, 0.1) is 0 Å². The van der Waals surface area contributed by atoms with Crippen LogP contribution in [0.3, 0.4) is 0 Å². The second kappa shape index (κ2) is 8.10. The molecule has 0 unspecified atom stereocenters. The summed E-state index contributed by atoms with van der Waals surface area (Å²) in [7, 11) is 0. The van der Waals surface area contributed by atoms with E-state index in [4.69, 9.17) is 26.5 Å². The summed E-state index contributed by atoms with van der Waals surface area (Å²) in [6, 6.07) is 12.4. The highest BCUT2D eigenvalue weighted by Gasteiger charge is 2.15. The molecule has 30 heavy (non-hydrogen) atoms. The van der Waals surface area contributed by atoms with Crippen LogP contribution in [0.15, 0.2) is 63.1 Å². The summed E-state index contributed by atoms with van der Waals surface area (Å²) in [5.74, 6) is -1.50. The molecule has 0 saturated heterocycles. The maximum Gasteiger partial charge on any atom is 0.374 e. The molecule has 2 aromatic carbocycles. The molecule has 0 spiro atoms. The molecule has 2 N–H and O–H groups in total. The normalized spacial score (nSPS) is 10.8. The predicted molar refractivity (Wildman–Crippen MR) is 113 cm³/mol. The van der Waals surface area contributed by atoms with E-state index in [0.29, 0.717) is 26.7 Å². The molecular formula is C21H13ClN2O5S. The van der Waals surface area contributed by atoms with Gasteiger partial charge in [0.05, 0.1) is 11.1 Å². The first-order valence-corrected chi connectivity index (χ1v) is 9.91. The van der Waals surface area contributed by atoms with E-state index < -0.39 is 11.9 Å². The number of amides is 1. The number of carbonyl (C=O) groups excluding carboxylic acids is 2. The fourth-order valence-electron chi connectivity index (χ4n) is 2.72. The van der Waals surface area contributed by atoms with Crippen LogP contribution in [0.5, 0.6) is 0 Å². The molecule has 0 fully saturated rings. The van der Waals surface area contributed by atoms with Gasteiger partial charge in [0.25, 0.3) is 0 Å². The van der Waals surface area contributed by atoms with Crippen molar-refractivity contribution in [1.29, 1.82) is 0 Å². The van der Waals surface area contributed by atoms with Gasteiger partial charge in [-0.3, -0.25) is 9.59 Å². The molecule has 2 aromatic heterocycles. The molecule has 0 bridgehead atoms. The fourth-order valence-corrected chi connectivity index (χ4v) is 3.70. The van der Waals surface area contributed by atoms with Crippen LogP contribution in [0.2, 0.25) is 5.02 Å². The van der Waals surface area contributed by atoms with Crippen molar-refractivity contribution in [3.63, 3.8) is 0 Å². The summed E-state index contributed by atoms with van der Waals surface area (Å²) in [6.07, 6.45) is 0. The molecule has 2 heterocycles. The summed E-state index contributed by atoms with van der Waals surface area (Å²) in [4.78, 5) is 40.1. The number of ether oxygens (including phenoxy) is 1. The summed E-state index contributed by atoms with van der Waals surface area (Å²) in [5.41, 5.74) is 6.82. The molecule has 7 nitrogen and oxygen atoms in total. The molecule has 4 rings (SSSR count). The van der Waals surface area contributed by atoms with Crippen LogP contribution in [0.25, 0.3) is 21.5 Å². The van der Waals surface area contributed by atoms with Crippen molar-refractivity contribution < 1.29 is 18.7 Å². The maximum absolute atomic E-state index is 12.3. The maximum atomic E-state index is 12.3. The molecule has 0 saturated carbocycles. The van der Waals surface area contributed by atoms with E-state index in [9.17, 15) is 14.4 Å². The Bertz CT molecular complexity index is 1330. The minimum atomic E-state index is -0.783. The van der Waals surface area contributed by atoms with Crippen LogP contribution in [-0.4, -0.2) is 16.9 Å². The minimum absolute atomic E-state index is 0.0913. The van der Waals surface area contributed by atoms with Gasteiger partial charge >= 0.3 is 5.97 Å². The Morgan fingerprint density at radius 3 is 2.63 bits per heavy atom. The largest absolute Gasteiger partial charge is 0.453 e. The summed E-state index contributed by atoms with van der Waals surface area (Å²) in [6.45, 7) is -0.0913. The number of halogens is 1. The van der Waals surface area contributed by atoms with Crippen LogP contribution in [0.1, 0.15) is 26.6 Å². The lowest BCUT2D eigenvalue weighted by atomic mass is 10.1. The number of nitrogens with two attached hydrogens (primary N) is 1. The molecule has 4 aromatic rings. The van der Waals surface area contributed by atoms with Gasteiger partial charge < -0.3 is 14.9 Å². The summed E-state index contributed by atoms with van der Waals surface area (Å²) >= 11 is 7.28. The zero-order valence-electron chi connectivity index (χ0n) is 15.3. The van der Waals surface area contributed by atoms with Gasteiger partial charge in [0, 0.05) is 33.7 Å². The third kappa shape index (κ3) is 4.10. The Morgan fingerprint density at radius 2 is 1.90 bits per heavy atom. The number of aromatic nitrogens is 1. The number of benzene rings is 2. The first-order chi connectivity index (χ1) is 14.4. The highest BCUT2D eigenvalue weighted by molar-refractivity contribution is 7.13. The number of esters is 1. The van der Waals surface area contributed by atoms with E-state index in [1.165, 1.54) is 23.5 Å². The zero-order chi connectivity index (χ0) is 21.3. The molecule has 9 heteroatoms. The topological polar surface area (TPSA) is 112 Å². The first-order valence-electron chi connectivity index (χ1n) is 8.66. The van der Waals surface area contributed by atoms with Crippen LogP contribution >= 0.6 is 22.9 Å². The van der Waals surface area contributed by atoms with Gasteiger partial charge in [-0.1, -0.05) is 23.7 Å². The van der Waals surface area contributed by atoms with Gasteiger partial charge in [-0.2, -0.15) is 0 Å². The van der Waals surface area contributed by atoms with Gasteiger partial charge in [0.15, 0.2) is 5.43 Å². The second-order valence-electron chi connectivity index (χ2n) is 6.28. The summed E-state index contributed by atoms with van der Waals surface area (Å²) in [5, 5.41) is 3.16. The Balaban J connectivity index is 1.47. The number of nitrogens with zero attached hydrogens (tertiary/aromatic N) is 1. The number of fused-ring (bicyclic) bond motifs is 1. The highest BCUT2D eigenvalue weighted by Crippen LogP contribution is 2.25. The van der Waals surface area contributed by atoms with Crippen LogP contribution in [0.4, 0.5) is 0 Å². The molecule has 0 atom stereocenters. The third-order valence-corrected chi connectivity index (χ3v) is 5.39. The lowest BCUT2D eigenvalue weighted by Gasteiger charge is -2.04. The molecule has 1 amide bonds.